The van der Waals surface area contributed by atoms with Crippen molar-refractivity contribution >= 4 is 21.6 Å². The SMILES string of the molecule is CCNC1CC(C)CC(C)C1SCCS(C)(=O)=O. The van der Waals surface area contributed by atoms with Crippen molar-refractivity contribution in [2.75, 3.05) is 24.3 Å². The third kappa shape index (κ3) is 5.49. The maximum Gasteiger partial charge on any atom is 0.148 e. The van der Waals surface area contributed by atoms with Crippen LogP contribution in [0.25, 0.3) is 0 Å². The first-order valence-corrected chi connectivity index (χ1v) is 9.97. The summed E-state index contributed by atoms with van der Waals surface area (Å²) in [5, 5.41) is 4.13. The fourth-order valence-corrected chi connectivity index (χ4v) is 5.65. The Morgan fingerprint density at radius 3 is 2.50 bits per heavy atom. The van der Waals surface area contributed by atoms with E-state index in [9.17, 15) is 8.42 Å². The van der Waals surface area contributed by atoms with E-state index in [1.807, 2.05) is 11.8 Å². The third-order valence-corrected chi connectivity index (χ3v) is 6.44. The summed E-state index contributed by atoms with van der Waals surface area (Å²) in [5.41, 5.74) is 0. The van der Waals surface area contributed by atoms with Crippen LogP contribution in [-0.4, -0.2) is 44.0 Å². The molecule has 1 rings (SSSR count). The Morgan fingerprint density at radius 1 is 1.28 bits per heavy atom. The van der Waals surface area contributed by atoms with Crippen LogP contribution in [0.5, 0.6) is 0 Å². The van der Waals surface area contributed by atoms with E-state index in [0.717, 1.165) is 18.2 Å². The van der Waals surface area contributed by atoms with E-state index in [0.29, 0.717) is 23.0 Å². The molecule has 0 aromatic carbocycles. The molecule has 0 bridgehead atoms. The fourth-order valence-electron chi connectivity index (χ4n) is 2.91. The van der Waals surface area contributed by atoms with Crippen LogP contribution in [0.3, 0.4) is 0 Å². The molecule has 0 aromatic heterocycles. The molecule has 0 spiro atoms. The van der Waals surface area contributed by atoms with Gasteiger partial charge in [0.25, 0.3) is 0 Å². The molecule has 108 valence electrons. The maximum atomic E-state index is 11.2. The van der Waals surface area contributed by atoms with Gasteiger partial charge in [-0.25, -0.2) is 8.42 Å². The van der Waals surface area contributed by atoms with Crippen LogP contribution in [-0.2, 0) is 9.84 Å². The molecule has 0 aliphatic heterocycles. The van der Waals surface area contributed by atoms with Gasteiger partial charge in [-0.1, -0.05) is 20.8 Å². The topological polar surface area (TPSA) is 46.2 Å². The summed E-state index contributed by atoms with van der Waals surface area (Å²) < 4.78 is 22.4. The van der Waals surface area contributed by atoms with Crippen LogP contribution in [0, 0.1) is 11.8 Å². The van der Waals surface area contributed by atoms with Crippen molar-refractivity contribution in [3.8, 4) is 0 Å². The lowest BCUT2D eigenvalue weighted by molar-refractivity contribution is 0.251. The predicted octanol–water partition coefficient (Wildman–Crippen LogP) is 2.18. The Hall–Kier alpha value is 0.260. The lowest BCUT2D eigenvalue weighted by Crippen LogP contribution is -2.46. The van der Waals surface area contributed by atoms with Crippen molar-refractivity contribution in [3.05, 3.63) is 0 Å². The number of hydrogen-bond donors (Lipinski definition) is 1. The van der Waals surface area contributed by atoms with Crippen LogP contribution in [0.15, 0.2) is 0 Å². The quantitative estimate of drug-likeness (QED) is 0.815. The summed E-state index contributed by atoms with van der Waals surface area (Å²) in [6, 6.07) is 0.540. The molecular formula is C13H27NO2S2. The zero-order chi connectivity index (χ0) is 13.8. The van der Waals surface area contributed by atoms with Gasteiger partial charge >= 0.3 is 0 Å². The molecule has 4 unspecified atom stereocenters. The largest absolute Gasteiger partial charge is 0.313 e. The summed E-state index contributed by atoms with van der Waals surface area (Å²) in [7, 11) is -2.82. The highest BCUT2D eigenvalue weighted by atomic mass is 32.2. The molecule has 0 aromatic rings. The van der Waals surface area contributed by atoms with Crippen LogP contribution in [0.4, 0.5) is 0 Å². The molecule has 3 nitrogen and oxygen atoms in total. The molecule has 1 aliphatic carbocycles. The molecule has 1 fully saturated rings. The number of nitrogens with one attached hydrogen (secondary N) is 1. The van der Waals surface area contributed by atoms with E-state index in [-0.39, 0.29) is 0 Å². The van der Waals surface area contributed by atoms with Gasteiger partial charge in [-0.2, -0.15) is 11.8 Å². The first-order valence-electron chi connectivity index (χ1n) is 6.86. The second-order valence-corrected chi connectivity index (χ2v) is 9.23. The Morgan fingerprint density at radius 2 is 1.94 bits per heavy atom. The van der Waals surface area contributed by atoms with E-state index >= 15 is 0 Å². The van der Waals surface area contributed by atoms with Crippen molar-refractivity contribution < 1.29 is 8.42 Å². The molecule has 1 aliphatic rings. The fraction of sp³-hybridized carbons (Fsp3) is 1.00. The highest BCUT2D eigenvalue weighted by Crippen LogP contribution is 2.36. The van der Waals surface area contributed by atoms with Gasteiger partial charge < -0.3 is 5.32 Å². The molecule has 0 radical (unpaired) electrons. The average molecular weight is 293 g/mol. The maximum absolute atomic E-state index is 11.2. The molecule has 0 heterocycles. The average Bonchev–Trinajstić information content (AvgIpc) is 2.20. The second-order valence-electron chi connectivity index (χ2n) is 5.68. The lowest BCUT2D eigenvalue weighted by atomic mass is 9.80. The smallest absolute Gasteiger partial charge is 0.148 e. The number of rotatable bonds is 6. The zero-order valence-electron chi connectivity index (χ0n) is 12.0. The summed E-state index contributed by atoms with van der Waals surface area (Å²) in [6.45, 7) is 7.76. The number of thioether (sulfide) groups is 1. The minimum Gasteiger partial charge on any atom is -0.313 e. The summed E-state index contributed by atoms with van der Waals surface area (Å²) in [4.78, 5) is 0. The van der Waals surface area contributed by atoms with Crippen LogP contribution >= 0.6 is 11.8 Å². The molecule has 1 saturated carbocycles. The number of hydrogen-bond acceptors (Lipinski definition) is 4. The Kier molecular flexibility index (Phi) is 6.48. The molecule has 1 N–H and O–H groups in total. The van der Waals surface area contributed by atoms with Gasteiger partial charge in [0.1, 0.15) is 9.84 Å². The third-order valence-electron chi connectivity index (χ3n) is 3.62. The molecule has 18 heavy (non-hydrogen) atoms. The normalized spacial score (nSPS) is 33.6. The van der Waals surface area contributed by atoms with Crippen molar-refractivity contribution in [1.82, 2.24) is 5.32 Å². The lowest BCUT2D eigenvalue weighted by Gasteiger charge is -2.39. The van der Waals surface area contributed by atoms with Gasteiger partial charge in [0.2, 0.25) is 0 Å². The molecule has 5 heteroatoms. The predicted molar refractivity (Wildman–Crippen MR) is 81.0 cm³/mol. The van der Waals surface area contributed by atoms with Gasteiger partial charge in [0.15, 0.2) is 0 Å². The minimum atomic E-state index is -2.82. The monoisotopic (exact) mass is 293 g/mol. The molecule has 4 atom stereocenters. The van der Waals surface area contributed by atoms with E-state index < -0.39 is 9.84 Å². The standard InChI is InChI=1S/C13H27NO2S2/c1-5-14-12-9-10(2)8-11(3)13(12)17-6-7-18(4,15)16/h10-14H,5-9H2,1-4H3. The Labute approximate surface area is 116 Å². The van der Waals surface area contributed by atoms with E-state index in [1.165, 1.54) is 19.1 Å². The Bertz CT molecular complexity index is 343. The summed E-state index contributed by atoms with van der Waals surface area (Å²) in [5.74, 6) is 2.47. The first-order chi connectivity index (χ1) is 8.33. The summed E-state index contributed by atoms with van der Waals surface area (Å²) >= 11 is 1.84. The Balaban J connectivity index is 2.53. The molecular weight excluding hydrogens is 266 g/mol. The van der Waals surface area contributed by atoms with Crippen LogP contribution < -0.4 is 5.32 Å². The van der Waals surface area contributed by atoms with Crippen LogP contribution in [0.2, 0.25) is 0 Å². The van der Waals surface area contributed by atoms with Crippen molar-refractivity contribution in [2.45, 2.75) is 44.9 Å². The van der Waals surface area contributed by atoms with Gasteiger partial charge in [-0.05, 0) is 31.2 Å². The van der Waals surface area contributed by atoms with Gasteiger partial charge in [-0.3, -0.25) is 0 Å². The van der Waals surface area contributed by atoms with E-state index in [4.69, 9.17) is 0 Å². The van der Waals surface area contributed by atoms with Crippen LogP contribution in [0.1, 0.15) is 33.6 Å². The zero-order valence-corrected chi connectivity index (χ0v) is 13.6. The number of sulfone groups is 1. The second kappa shape index (κ2) is 7.15. The highest BCUT2D eigenvalue weighted by molar-refractivity contribution is 8.01. The van der Waals surface area contributed by atoms with Crippen molar-refractivity contribution in [2.24, 2.45) is 11.8 Å². The van der Waals surface area contributed by atoms with Gasteiger partial charge in [0.05, 0.1) is 5.75 Å². The van der Waals surface area contributed by atoms with Gasteiger partial charge in [0, 0.05) is 23.3 Å². The van der Waals surface area contributed by atoms with Gasteiger partial charge in [-0.15, -0.1) is 0 Å². The first kappa shape index (κ1) is 16.3. The minimum absolute atomic E-state index is 0.301. The van der Waals surface area contributed by atoms with E-state index in [1.54, 1.807) is 0 Å². The molecule has 0 saturated heterocycles. The van der Waals surface area contributed by atoms with Crippen molar-refractivity contribution in [1.29, 1.82) is 0 Å². The summed E-state index contributed by atoms with van der Waals surface area (Å²) in [6.07, 6.45) is 3.80. The van der Waals surface area contributed by atoms with Crippen molar-refractivity contribution in [3.63, 3.8) is 0 Å². The van der Waals surface area contributed by atoms with E-state index in [2.05, 4.69) is 26.1 Å². The molecule has 0 amide bonds. The highest BCUT2D eigenvalue weighted by Gasteiger charge is 2.33.